The maximum Gasteiger partial charge on any atom is 0.0696 e. The van der Waals surface area contributed by atoms with Crippen molar-refractivity contribution in [1.82, 2.24) is 0 Å². The van der Waals surface area contributed by atoms with E-state index < -0.39 is 0 Å². The van der Waals surface area contributed by atoms with Crippen molar-refractivity contribution in [1.29, 1.82) is 0 Å². The van der Waals surface area contributed by atoms with Crippen molar-refractivity contribution in [3.05, 3.63) is 0 Å². The number of hydrogen-bond acceptors (Lipinski definition) is 0. The Morgan fingerprint density at radius 3 is 2.17 bits per heavy atom. The van der Waals surface area contributed by atoms with Gasteiger partial charge in [0.15, 0.2) is 0 Å². The zero-order valence-corrected chi connectivity index (χ0v) is 4.99. The van der Waals surface area contributed by atoms with Gasteiger partial charge in [-0.2, -0.15) is 0 Å². The molecule has 0 spiro atoms. The molecule has 0 atom stereocenters. The smallest absolute Gasteiger partial charge is 0.0696 e. The molecule has 0 unspecified atom stereocenters. The fourth-order valence-corrected chi connectivity index (χ4v) is 0.289. The molecular weight excluding hydrogens is 66.1 g/mol. The van der Waals surface area contributed by atoms with Crippen LogP contribution in [0, 0.1) is 0 Å². The molecule has 0 aromatic heterocycles. The van der Waals surface area contributed by atoms with Crippen molar-refractivity contribution in [3.63, 3.8) is 0 Å². The van der Waals surface area contributed by atoms with Crippen LogP contribution in [0.25, 0.3) is 0 Å². The zero-order valence-electron chi connectivity index (χ0n) is 4.99. The van der Waals surface area contributed by atoms with Gasteiger partial charge in [-0.25, -0.2) is 0 Å². The molecule has 0 rings (SSSR count). The third-order valence-corrected chi connectivity index (χ3v) is 1.39. The number of rotatable bonds is 2. The molecule has 0 heterocycles. The fraction of sp³-hybridized carbons (Fsp3) is 1.00. The molecule has 0 aliphatic rings. The lowest BCUT2D eigenvalue weighted by Gasteiger charge is -1.89. The maximum atomic E-state index is 2.28. The van der Waals surface area contributed by atoms with E-state index >= 15 is 0 Å². The molecule has 6 heavy (non-hydrogen) atoms. The highest BCUT2D eigenvalue weighted by Crippen LogP contribution is 1.60. The largest absolute Gasteiger partial charge is 0.0969 e. The van der Waals surface area contributed by atoms with Crippen molar-refractivity contribution in [2.24, 2.45) is 0 Å². The van der Waals surface area contributed by atoms with Crippen molar-refractivity contribution in [2.75, 3.05) is 0 Å². The van der Waals surface area contributed by atoms with Crippen molar-refractivity contribution in [3.8, 4) is 0 Å². The topological polar surface area (TPSA) is 0 Å². The Kier molecular flexibility index (Phi) is 3.70. The van der Waals surface area contributed by atoms with Gasteiger partial charge < -0.3 is 0 Å². The van der Waals surface area contributed by atoms with E-state index in [2.05, 4.69) is 22.3 Å². The SMILES string of the molecule is BBB(B)BC. The summed E-state index contributed by atoms with van der Waals surface area (Å²) in [7, 11) is 7.17. The summed E-state index contributed by atoms with van der Waals surface area (Å²) in [5.41, 5.74) is 0. The van der Waals surface area contributed by atoms with Gasteiger partial charge in [-0.3, -0.25) is 0 Å². The minimum absolute atomic E-state index is 0.935. The lowest BCUT2D eigenvalue weighted by Crippen LogP contribution is -2.29. The lowest BCUT2D eigenvalue weighted by molar-refractivity contribution is 2.36. The molecule has 0 radical (unpaired) electrons. The van der Waals surface area contributed by atoms with Gasteiger partial charge in [0.05, 0.1) is 22.6 Å². The summed E-state index contributed by atoms with van der Waals surface area (Å²) in [6.45, 7) is 2.23. The molecule has 0 N–H and O–H groups in total. The van der Waals surface area contributed by atoms with E-state index in [9.17, 15) is 0 Å². The number of hydrogen-bond donors (Lipinski definition) is 0. The van der Waals surface area contributed by atoms with Crippen LogP contribution in [0.4, 0.5) is 0 Å². The van der Waals surface area contributed by atoms with E-state index in [0.29, 0.717) is 0 Å². The highest BCUT2D eigenvalue weighted by molar-refractivity contribution is 7.63. The Morgan fingerprint density at radius 1 is 1.67 bits per heavy atom. The van der Waals surface area contributed by atoms with Gasteiger partial charge in [0, 0.05) is 13.4 Å². The minimum Gasteiger partial charge on any atom is -0.0969 e. The Hall–Kier alpha value is 0.325. The molecule has 0 fully saturated rings. The van der Waals surface area contributed by atoms with Crippen LogP contribution in [-0.4, -0.2) is 36.1 Å². The van der Waals surface area contributed by atoms with Gasteiger partial charge in [-0.05, 0) is 0 Å². The summed E-state index contributed by atoms with van der Waals surface area (Å²) in [6, 6.07) is 0. The van der Waals surface area contributed by atoms with E-state index in [4.69, 9.17) is 0 Å². The monoisotopic (exact) mass is 76.1 g/mol. The second-order valence-corrected chi connectivity index (χ2v) is 1.92. The van der Waals surface area contributed by atoms with Gasteiger partial charge in [-0.1, -0.05) is 6.82 Å². The van der Waals surface area contributed by atoms with E-state index in [1.807, 2.05) is 0 Å². The molecule has 0 aromatic rings. The molecule has 0 aliphatic carbocycles. The first-order valence-corrected chi connectivity index (χ1v) is 2.81. The lowest BCUT2D eigenvalue weighted by atomic mass is 8.92. The second-order valence-electron chi connectivity index (χ2n) is 1.92. The molecule has 0 saturated carbocycles. The maximum absolute atomic E-state index is 2.28. The van der Waals surface area contributed by atoms with Crippen LogP contribution in [0.5, 0.6) is 0 Å². The van der Waals surface area contributed by atoms with E-state index in [-0.39, 0.29) is 0 Å². The third kappa shape index (κ3) is 2.56. The highest BCUT2D eigenvalue weighted by atomic mass is 12.9. The van der Waals surface area contributed by atoms with Crippen LogP contribution in [0.1, 0.15) is 0 Å². The Bertz CT molecular complexity index is 23.1. The zero-order chi connectivity index (χ0) is 4.99. The predicted octanol–water partition coefficient (Wildman–Crippen LogP) is -2.93. The first-order chi connectivity index (χ1) is 2.81. The highest BCUT2D eigenvalue weighted by Gasteiger charge is 1.97. The Labute approximate surface area is 43.8 Å². The standard InChI is InChI=1S/CH9B5/c1-4-6(3)5-2/h4-5H,2-3H2,1H3. The van der Waals surface area contributed by atoms with Gasteiger partial charge in [0.25, 0.3) is 0 Å². The quantitative estimate of drug-likeness (QED) is 0.308. The van der Waals surface area contributed by atoms with Crippen LogP contribution in [0.15, 0.2) is 0 Å². The Balaban J connectivity index is 2.75. The summed E-state index contributed by atoms with van der Waals surface area (Å²) in [6.07, 6.45) is 0.935. The molecule has 0 bridgehead atoms. The van der Waals surface area contributed by atoms with Crippen LogP contribution < -0.4 is 0 Å². The normalized spacial score (nSPS) is 6.83. The predicted molar refractivity (Wildman–Crippen MR) is 43.0 cm³/mol. The van der Waals surface area contributed by atoms with Crippen LogP contribution in [0.2, 0.25) is 6.82 Å². The minimum atomic E-state index is 0.935. The third-order valence-electron chi connectivity index (χ3n) is 1.39. The summed E-state index contributed by atoms with van der Waals surface area (Å²) < 4.78 is 0. The summed E-state index contributed by atoms with van der Waals surface area (Å²) in [5, 5.41) is 0. The second kappa shape index (κ2) is 3.51. The average Bonchev–Trinajstić information content (AvgIpc) is 1.65. The van der Waals surface area contributed by atoms with Crippen LogP contribution >= 0.6 is 0 Å². The van der Waals surface area contributed by atoms with Crippen LogP contribution in [-0.2, 0) is 0 Å². The summed E-state index contributed by atoms with van der Waals surface area (Å²) >= 11 is 0. The molecular formula is CH9B5. The van der Waals surface area contributed by atoms with Crippen molar-refractivity contribution in [2.45, 2.75) is 6.82 Å². The average molecular weight is 75.1 g/mol. The molecule has 0 aliphatic heterocycles. The first-order valence-electron chi connectivity index (χ1n) is 2.81. The Morgan fingerprint density at radius 2 is 2.17 bits per heavy atom. The van der Waals surface area contributed by atoms with Gasteiger partial charge in [0.2, 0.25) is 0 Å². The molecule has 28 valence electrons. The van der Waals surface area contributed by atoms with E-state index in [0.717, 1.165) is 6.39 Å². The van der Waals surface area contributed by atoms with Gasteiger partial charge >= 0.3 is 0 Å². The molecule has 0 amide bonds. The van der Waals surface area contributed by atoms with Crippen LogP contribution in [0.3, 0.4) is 0 Å². The molecule has 5 heteroatoms. The molecule has 0 nitrogen and oxygen atoms in total. The van der Waals surface area contributed by atoms with Crippen molar-refractivity contribution < 1.29 is 0 Å². The van der Waals surface area contributed by atoms with E-state index in [1.54, 1.807) is 0 Å². The van der Waals surface area contributed by atoms with Crippen molar-refractivity contribution >= 4 is 36.1 Å². The summed E-state index contributed by atoms with van der Waals surface area (Å²) in [4.78, 5) is 0. The first kappa shape index (κ1) is 6.32. The molecule has 0 saturated heterocycles. The van der Waals surface area contributed by atoms with Gasteiger partial charge in [-0.15, -0.1) is 0 Å². The summed E-state index contributed by atoms with van der Waals surface area (Å²) in [5.74, 6) is 0. The molecule has 0 aromatic carbocycles. The van der Waals surface area contributed by atoms with E-state index in [1.165, 1.54) is 14.2 Å². The van der Waals surface area contributed by atoms with Gasteiger partial charge in [0.1, 0.15) is 0 Å². The fourth-order valence-electron chi connectivity index (χ4n) is 0.289.